The Bertz CT molecular complexity index is 765. The number of hydrogen-bond donors (Lipinski definition) is 0. The Kier molecular flexibility index (Phi) is 4.07. The van der Waals surface area contributed by atoms with Crippen molar-refractivity contribution in [2.24, 2.45) is 0 Å². The number of halogens is 1. The lowest BCUT2D eigenvalue weighted by atomic mass is 9.99. The second-order valence-electron chi connectivity index (χ2n) is 4.82. The van der Waals surface area contributed by atoms with E-state index in [-0.39, 0.29) is 0 Å². The molecule has 2 heteroatoms. The van der Waals surface area contributed by atoms with Crippen LogP contribution < -0.4 is 4.74 Å². The maximum atomic E-state index is 5.30. The summed E-state index contributed by atoms with van der Waals surface area (Å²) in [4.78, 5) is 0. The summed E-state index contributed by atoms with van der Waals surface area (Å²) in [6, 6.07) is 25.0. The van der Waals surface area contributed by atoms with Crippen molar-refractivity contribution in [2.75, 3.05) is 7.11 Å². The molecule has 1 nitrogen and oxygen atoms in total. The predicted molar refractivity (Wildman–Crippen MR) is 91.6 cm³/mol. The fourth-order valence-corrected chi connectivity index (χ4v) is 2.75. The molecule has 0 bridgehead atoms. The zero-order valence-electron chi connectivity index (χ0n) is 11.7. The van der Waals surface area contributed by atoms with Crippen LogP contribution >= 0.6 is 15.9 Å². The molecule has 0 aliphatic heterocycles. The van der Waals surface area contributed by atoms with E-state index in [0.717, 1.165) is 15.8 Å². The third kappa shape index (κ3) is 3.17. The highest BCUT2D eigenvalue weighted by molar-refractivity contribution is 9.10. The number of hydrogen-bond acceptors (Lipinski definition) is 1. The molecule has 0 spiro atoms. The Morgan fingerprint density at radius 1 is 0.667 bits per heavy atom. The van der Waals surface area contributed by atoms with Gasteiger partial charge in [0.25, 0.3) is 0 Å². The van der Waals surface area contributed by atoms with Crippen molar-refractivity contribution in [1.82, 2.24) is 0 Å². The highest BCUT2D eigenvalue weighted by Crippen LogP contribution is 2.29. The van der Waals surface area contributed by atoms with Crippen molar-refractivity contribution >= 4 is 15.9 Å². The molecule has 21 heavy (non-hydrogen) atoms. The van der Waals surface area contributed by atoms with Gasteiger partial charge in [-0.25, -0.2) is 0 Å². The first-order valence-electron chi connectivity index (χ1n) is 6.77. The van der Waals surface area contributed by atoms with E-state index >= 15 is 0 Å². The van der Waals surface area contributed by atoms with E-state index in [2.05, 4.69) is 70.5 Å². The van der Waals surface area contributed by atoms with E-state index in [0.29, 0.717) is 0 Å². The summed E-state index contributed by atoms with van der Waals surface area (Å²) in [6.07, 6.45) is 0. The van der Waals surface area contributed by atoms with Crippen LogP contribution in [0.4, 0.5) is 0 Å². The quantitative estimate of drug-likeness (QED) is 0.587. The van der Waals surface area contributed by atoms with E-state index in [4.69, 9.17) is 4.74 Å². The largest absolute Gasteiger partial charge is 0.497 e. The average molecular weight is 339 g/mol. The van der Waals surface area contributed by atoms with Gasteiger partial charge in [0, 0.05) is 4.47 Å². The van der Waals surface area contributed by atoms with Gasteiger partial charge in [0.2, 0.25) is 0 Å². The highest BCUT2D eigenvalue weighted by atomic mass is 79.9. The van der Waals surface area contributed by atoms with Gasteiger partial charge in [0.1, 0.15) is 5.75 Å². The zero-order chi connectivity index (χ0) is 14.7. The molecule has 0 saturated heterocycles. The number of ether oxygens (including phenoxy) is 1. The van der Waals surface area contributed by atoms with Crippen molar-refractivity contribution in [3.05, 3.63) is 77.3 Å². The summed E-state index contributed by atoms with van der Waals surface area (Å²) >= 11 is 3.53. The second kappa shape index (κ2) is 6.15. The summed E-state index contributed by atoms with van der Waals surface area (Å²) in [6.45, 7) is 0. The molecule has 0 aliphatic rings. The van der Waals surface area contributed by atoms with Crippen LogP contribution in [0.5, 0.6) is 5.75 Å². The van der Waals surface area contributed by atoms with Crippen molar-refractivity contribution in [2.45, 2.75) is 0 Å². The molecule has 0 atom stereocenters. The molecule has 0 aromatic heterocycles. The smallest absolute Gasteiger partial charge is 0.119 e. The van der Waals surface area contributed by atoms with Crippen molar-refractivity contribution in [1.29, 1.82) is 0 Å². The minimum atomic E-state index is 0.875. The Labute approximate surface area is 133 Å². The van der Waals surface area contributed by atoms with Crippen LogP contribution in [0.1, 0.15) is 0 Å². The monoisotopic (exact) mass is 338 g/mol. The number of methoxy groups -OCH3 is 1. The van der Waals surface area contributed by atoms with E-state index in [9.17, 15) is 0 Å². The maximum absolute atomic E-state index is 5.30. The molecule has 0 radical (unpaired) electrons. The maximum Gasteiger partial charge on any atom is 0.119 e. The number of benzene rings is 3. The SMILES string of the molecule is COc1cccc(-c2cccc(-c3cccc(Br)c3)c2)c1. The van der Waals surface area contributed by atoms with Crippen molar-refractivity contribution < 1.29 is 4.74 Å². The fraction of sp³-hybridized carbons (Fsp3) is 0.0526. The molecule has 0 unspecified atom stereocenters. The Morgan fingerprint density at radius 3 is 1.81 bits per heavy atom. The van der Waals surface area contributed by atoms with Gasteiger partial charge < -0.3 is 4.74 Å². The van der Waals surface area contributed by atoms with Crippen LogP contribution in [-0.4, -0.2) is 7.11 Å². The van der Waals surface area contributed by atoms with Crippen LogP contribution in [0.2, 0.25) is 0 Å². The summed E-state index contributed by atoms with van der Waals surface area (Å²) < 4.78 is 6.39. The molecule has 104 valence electrons. The lowest BCUT2D eigenvalue weighted by Gasteiger charge is -2.08. The molecular formula is C19H15BrO. The lowest BCUT2D eigenvalue weighted by molar-refractivity contribution is 0.415. The first kappa shape index (κ1) is 13.9. The van der Waals surface area contributed by atoms with Crippen LogP contribution in [0.25, 0.3) is 22.3 Å². The molecule has 0 amide bonds. The molecule has 0 saturated carbocycles. The molecule has 3 aromatic rings. The van der Waals surface area contributed by atoms with Gasteiger partial charge in [-0.05, 0) is 52.6 Å². The minimum absolute atomic E-state index is 0.875. The molecular weight excluding hydrogens is 324 g/mol. The topological polar surface area (TPSA) is 9.23 Å². The van der Waals surface area contributed by atoms with Gasteiger partial charge in [0.05, 0.1) is 7.11 Å². The van der Waals surface area contributed by atoms with Gasteiger partial charge in [-0.3, -0.25) is 0 Å². The highest BCUT2D eigenvalue weighted by Gasteiger charge is 2.03. The van der Waals surface area contributed by atoms with Crippen LogP contribution in [0.15, 0.2) is 77.3 Å². The summed E-state index contributed by atoms with van der Waals surface area (Å²) in [7, 11) is 1.69. The first-order chi connectivity index (χ1) is 10.3. The molecule has 0 N–H and O–H groups in total. The van der Waals surface area contributed by atoms with E-state index in [1.165, 1.54) is 16.7 Å². The third-order valence-electron chi connectivity index (χ3n) is 3.42. The summed E-state index contributed by atoms with van der Waals surface area (Å²) in [5.41, 5.74) is 4.75. The van der Waals surface area contributed by atoms with Crippen LogP contribution in [0.3, 0.4) is 0 Å². The Morgan fingerprint density at radius 2 is 1.19 bits per heavy atom. The summed E-state index contributed by atoms with van der Waals surface area (Å²) in [5.74, 6) is 0.875. The predicted octanol–water partition coefficient (Wildman–Crippen LogP) is 5.79. The lowest BCUT2D eigenvalue weighted by Crippen LogP contribution is -1.85. The normalized spacial score (nSPS) is 10.4. The van der Waals surface area contributed by atoms with Crippen molar-refractivity contribution in [3.8, 4) is 28.0 Å². The second-order valence-corrected chi connectivity index (χ2v) is 5.74. The molecule has 3 rings (SSSR count). The van der Waals surface area contributed by atoms with Gasteiger partial charge in [-0.2, -0.15) is 0 Å². The molecule has 0 aliphatic carbocycles. The summed E-state index contributed by atoms with van der Waals surface area (Å²) in [5, 5.41) is 0. The van der Waals surface area contributed by atoms with Crippen molar-refractivity contribution in [3.63, 3.8) is 0 Å². The van der Waals surface area contributed by atoms with Gasteiger partial charge in [-0.15, -0.1) is 0 Å². The van der Waals surface area contributed by atoms with E-state index in [1.54, 1.807) is 7.11 Å². The van der Waals surface area contributed by atoms with Gasteiger partial charge in [0.15, 0.2) is 0 Å². The molecule has 0 heterocycles. The van der Waals surface area contributed by atoms with Crippen LogP contribution in [0, 0.1) is 0 Å². The van der Waals surface area contributed by atoms with Gasteiger partial charge >= 0.3 is 0 Å². The Balaban J connectivity index is 2.03. The van der Waals surface area contributed by atoms with E-state index in [1.807, 2.05) is 18.2 Å². The zero-order valence-corrected chi connectivity index (χ0v) is 13.3. The minimum Gasteiger partial charge on any atom is -0.497 e. The van der Waals surface area contributed by atoms with Gasteiger partial charge in [-0.1, -0.05) is 58.4 Å². The third-order valence-corrected chi connectivity index (χ3v) is 3.92. The Hall–Kier alpha value is -2.06. The van der Waals surface area contributed by atoms with E-state index < -0.39 is 0 Å². The molecule has 3 aromatic carbocycles. The molecule has 0 fully saturated rings. The van der Waals surface area contributed by atoms with Crippen LogP contribution in [-0.2, 0) is 0 Å². The average Bonchev–Trinajstić information content (AvgIpc) is 2.55. The number of rotatable bonds is 3. The standard InChI is InChI=1S/C19H15BrO/c1-21-19-10-4-8-17(13-19)15-6-2-5-14(11-15)16-7-3-9-18(20)12-16/h2-13H,1H3. The first-order valence-corrected chi connectivity index (χ1v) is 7.56. The fourth-order valence-electron chi connectivity index (χ4n) is 2.35.